The van der Waals surface area contributed by atoms with Crippen molar-refractivity contribution in [1.82, 2.24) is 0 Å². The highest BCUT2D eigenvalue weighted by Crippen LogP contribution is 2.39. The monoisotopic (exact) mass is 518 g/mol. The van der Waals surface area contributed by atoms with Crippen molar-refractivity contribution in [2.45, 2.75) is 45.6 Å². The third kappa shape index (κ3) is 5.73. The SMILES string of the molecule is CCOc1ccc(OCc2ccc(C3=CCC(c4ccc(OCC)c(F)c4F)CC3)c(F)c2)c(F)c1F. The van der Waals surface area contributed by atoms with Gasteiger partial charge >= 0.3 is 0 Å². The van der Waals surface area contributed by atoms with Crippen molar-refractivity contribution in [3.63, 3.8) is 0 Å². The van der Waals surface area contributed by atoms with E-state index in [2.05, 4.69) is 0 Å². The molecule has 1 aliphatic carbocycles. The van der Waals surface area contributed by atoms with Crippen LogP contribution in [0.3, 0.4) is 0 Å². The Morgan fingerprint density at radius 1 is 0.730 bits per heavy atom. The van der Waals surface area contributed by atoms with Crippen LogP contribution in [0.4, 0.5) is 22.0 Å². The van der Waals surface area contributed by atoms with Gasteiger partial charge in [-0.2, -0.15) is 13.2 Å². The van der Waals surface area contributed by atoms with Gasteiger partial charge in [0, 0.05) is 5.56 Å². The fourth-order valence-corrected chi connectivity index (χ4v) is 4.45. The van der Waals surface area contributed by atoms with Crippen LogP contribution < -0.4 is 14.2 Å². The van der Waals surface area contributed by atoms with Crippen LogP contribution in [0, 0.1) is 29.1 Å². The molecule has 1 unspecified atom stereocenters. The molecule has 0 heterocycles. The number of benzene rings is 3. The van der Waals surface area contributed by atoms with E-state index in [1.807, 2.05) is 6.08 Å². The Kier molecular flexibility index (Phi) is 8.36. The summed E-state index contributed by atoms with van der Waals surface area (Å²) in [7, 11) is 0. The van der Waals surface area contributed by atoms with Crippen molar-refractivity contribution in [1.29, 1.82) is 0 Å². The molecule has 0 radical (unpaired) electrons. The van der Waals surface area contributed by atoms with Gasteiger partial charge in [0.25, 0.3) is 0 Å². The van der Waals surface area contributed by atoms with Gasteiger partial charge in [0.2, 0.25) is 17.5 Å². The molecule has 0 N–H and O–H groups in total. The molecule has 0 saturated heterocycles. The minimum atomic E-state index is -1.17. The Hall–Kier alpha value is -3.55. The third-order valence-electron chi connectivity index (χ3n) is 6.31. The molecule has 3 nitrogen and oxygen atoms in total. The van der Waals surface area contributed by atoms with Gasteiger partial charge in [-0.1, -0.05) is 24.3 Å². The highest BCUT2D eigenvalue weighted by molar-refractivity contribution is 5.67. The maximum absolute atomic E-state index is 14.9. The maximum Gasteiger partial charge on any atom is 0.204 e. The number of hydrogen-bond donors (Lipinski definition) is 0. The first-order valence-electron chi connectivity index (χ1n) is 12.2. The first-order chi connectivity index (χ1) is 17.8. The number of ether oxygens (including phenoxy) is 3. The van der Waals surface area contributed by atoms with Crippen molar-refractivity contribution in [2.24, 2.45) is 0 Å². The summed E-state index contributed by atoms with van der Waals surface area (Å²) in [6.45, 7) is 3.62. The molecule has 0 saturated carbocycles. The molecule has 3 aromatic carbocycles. The highest BCUT2D eigenvalue weighted by Gasteiger charge is 2.24. The predicted molar refractivity (Wildman–Crippen MR) is 130 cm³/mol. The van der Waals surface area contributed by atoms with Crippen molar-refractivity contribution in [2.75, 3.05) is 13.2 Å². The molecule has 3 aromatic rings. The van der Waals surface area contributed by atoms with Crippen molar-refractivity contribution >= 4 is 5.57 Å². The Morgan fingerprint density at radius 2 is 1.32 bits per heavy atom. The van der Waals surface area contributed by atoms with E-state index < -0.39 is 29.1 Å². The highest BCUT2D eigenvalue weighted by atomic mass is 19.2. The summed E-state index contributed by atoms with van der Waals surface area (Å²) < 4.78 is 87.5. The minimum Gasteiger partial charge on any atom is -0.491 e. The molecule has 0 fully saturated rings. The van der Waals surface area contributed by atoms with Gasteiger partial charge in [-0.3, -0.25) is 0 Å². The summed E-state index contributed by atoms with van der Waals surface area (Å²) in [5, 5.41) is 0. The Bertz CT molecular complexity index is 1310. The lowest BCUT2D eigenvalue weighted by atomic mass is 9.82. The second-order valence-corrected chi connectivity index (χ2v) is 8.64. The zero-order valence-electron chi connectivity index (χ0n) is 20.6. The first kappa shape index (κ1) is 26.5. The molecule has 0 spiro atoms. The van der Waals surface area contributed by atoms with E-state index in [9.17, 15) is 22.0 Å². The second kappa shape index (κ2) is 11.7. The molecule has 0 aromatic heterocycles. The predicted octanol–water partition coefficient (Wildman–Crippen LogP) is 8.11. The molecule has 37 heavy (non-hydrogen) atoms. The zero-order chi connectivity index (χ0) is 26.5. The summed E-state index contributed by atoms with van der Waals surface area (Å²) in [4.78, 5) is 0. The first-order valence-corrected chi connectivity index (χ1v) is 12.2. The van der Waals surface area contributed by atoms with E-state index >= 15 is 0 Å². The molecule has 8 heteroatoms. The van der Waals surface area contributed by atoms with Crippen LogP contribution in [0.15, 0.2) is 48.5 Å². The van der Waals surface area contributed by atoms with Crippen molar-refractivity contribution in [3.8, 4) is 17.2 Å². The van der Waals surface area contributed by atoms with Crippen LogP contribution in [0.5, 0.6) is 17.2 Å². The van der Waals surface area contributed by atoms with Crippen molar-refractivity contribution < 1.29 is 36.2 Å². The van der Waals surface area contributed by atoms with E-state index in [-0.39, 0.29) is 48.6 Å². The van der Waals surface area contributed by atoms with E-state index in [0.717, 1.165) is 5.57 Å². The van der Waals surface area contributed by atoms with Crippen molar-refractivity contribution in [3.05, 3.63) is 94.3 Å². The standard InChI is InChI=1S/C29H27F5O3/c1-3-35-23-12-11-21(26(31)27(23)32)19-8-6-18(7-9-19)20-10-5-17(15-22(20)30)16-37-25-14-13-24(36-4-2)28(33)29(25)34/h5-6,10-15,19H,3-4,7-9,16H2,1-2H3. The average molecular weight is 519 g/mol. The summed E-state index contributed by atoms with van der Waals surface area (Å²) in [6.07, 6.45) is 3.30. The van der Waals surface area contributed by atoms with Crippen LogP contribution in [-0.4, -0.2) is 13.2 Å². The largest absolute Gasteiger partial charge is 0.491 e. The fourth-order valence-electron chi connectivity index (χ4n) is 4.45. The fraction of sp³-hybridized carbons (Fsp3) is 0.310. The van der Waals surface area contributed by atoms with Gasteiger partial charge in [-0.05, 0) is 80.0 Å². The number of rotatable bonds is 9. The van der Waals surface area contributed by atoms with Gasteiger partial charge in [-0.25, -0.2) is 8.78 Å². The summed E-state index contributed by atoms with van der Waals surface area (Å²) >= 11 is 0. The molecule has 0 bridgehead atoms. The van der Waals surface area contributed by atoms with Crippen LogP contribution in [-0.2, 0) is 6.61 Å². The number of halogens is 5. The van der Waals surface area contributed by atoms with Crippen LogP contribution in [0.2, 0.25) is 0 Å². The smallest absolute Gasteiger partial charge is 0.204 e. The molecular weight excluding hydrogens is 491 g/mol. The maximum atomic E-state index is 14.9. The van der Waals surface area contributed by atoms with Crippen LogP contribution >= 0.6 is 0 Å². The van der Waals surface area contributed by atoms with E-state index in [1.54, 1.807) is 32.0 Å². The Morgan fingerprint density at radius 3 is 1.89 bits per heavy atom. The molecular formula is C29H27F5O3. The third-order valence-corrected chi connectivity index (χ3v) is 6.31. The number of hydrogen-bond acceptors (Lipinski definition) is 3. The van der Waals surface area contributed by atoms with Gasteiger partial charge in [0.05, 0.1) is 13.2 Å². The Balaban J connectivity index is 1.43. The van der Waals surface area contributed by atoms with Crippen LogP contribution in [0.25, 0.3) is 5.57 Å². The summed E-state index contributed by atoms with van der Waals surface area (Å²) in [6, 6.07) is 10.0. The molecule has 0 aliphatic heterocycles. The summed E-state index contributed by atoms with van der Waals surface area (Å²) in [5.74, 6) is -5.55. The number of allylic oxidation sites excluding steroid dienone is 2. The van der Waals surface area contributed by atoms with E-state index in [0.29, 0.717) is 30.4 Å². The topological polar surface area (TPSA) is 27.7 Å². The van der Waals surface area contributed by atoms with Gasteiger partial charge in [0.15, 0.2) is 23.1 Å². The minimum absolute atomic E-state index is 0.114. The second-order valence-electron chi connectivity index (χ2n) is 8.64. The van der Waals surface area contributed by atoms with Gasteiger partial charge in [-0.15, -0.1) is 0 Å². The van der Waals surface area contributed by atoms with Gasteiger partial charge in [0.1, 0.15) is 12.4 Å². The lowest BCUT2D eigenvalue weighted by Crippen LogP contribution is -2.09. The Labute approximate surface area is 212 Å². The van der Waals surface area contributed by atoms with E-state index in [4.69, 9.17) is 14.2 Å². The zero-order valence-corrected chi connectivity index (χ0v) is 20.6. The lowest BCUT2D eigenvalue weighted by Gasteiger charge is -2.24. The molecule has 1 aliphatic rings. The quantitative estimate of drug-likeness (QED) is 0.268. The average Bonchev–Trinajstić information content (AvgIpc) is 2.90. The molecule has 1 atom stereocenters. The lowest BCUT2D eigenvalue weighted by molar-refractivity contribution is 0.274. The molecule has 196 valence electrons. The summed E-state index contributed by atoms with van der Waals surface area (Å²) in [5.41, 5.74) is 1.89. The molecule has 4 rings (SSSR count). The molecule has 0 amide bonds. The van der Waals surface area contributed by atoms with Gasteiger partial charge < -0.3 is 14.2 Å². The van der Waals surface area contributed by atoms with Crippen LogP contribution in [0.1, 0.15) is 55.7 Å². The van der Waals surface area contributed by atoms with E-state index in [1.165, 1.54) is 24.3 Å². The normalized spacial score (nSPS) is 15.3.